The van der Waals surface area contributed by atoms with Crippen LogP contribution in [0.4, 0.5) is 14.5 Å². The third-order valence-corrected chi connectivity index (χ3v) is 6.97. The van der Waals surface area contributed by atoms with Gasteiger partial charge in [-0.15, -0.1) is 0 Å². The number of nitrogens with zero attached hydrogens (tertiary/aromatic N) is 2. The number of anilines is 1. The van der Waals surface area contributed by atoms with Crippen molar-refractivity contribution in [1.82, 2.24) is 9.62 Å². The van der Waals surface area contributed by atoms with E-state index in [1.54, 1.807) is 30.9 Å². The van der Waals surface area contributed by atoms with Crippen LogP contribution in [0.25, 0.3) is 0 Å². The van der Waals surface area contributed by atoms with Gasteiger partial charge in [-0.2, -0.15) is 4.72 Å². The van der Waals surface area contributed by atoms with E-state index in [0.29, 0.717) is 26.2 Å². The minimum atomic E-state index is -4.32. The number of rotatable bonds is 8. The van der Waals surface area contributed by atoms with E-state index in [2.05, 4.69) is 4.72 Å². The minimum absolute atomic E-state index is 0.324. The molecule has 1 atom stereocenters. The molecule has 0 saturated carbocycles. The molecule has 1 fully saturated rings. The van der Waals surface area contributed by atoms with Gasteiger partial charge in [-0.1, -0.05) is 26.0 Å². The van der Waals surface area contributed by atoms with Crippen LogP contribution in [0.2, 0.25) is 0 Å². The van der Waals surface area contributed by atoms with Crippen molar-refractivity contribution in [2.24, 2.45) is 5.92 Å². The number of amides is 1. The predicted octanol–water partition coefficient (Wildman–Crippen LogP) is 2.16. The zero-order chi connectivity index (χ0) is 24.9. The highest BCUT2D eigenvalue weighted by Gasteiger charge is 2.32. The van der Waals surface area contributed by atoms with Crippen molar-refractivity contribution in [3.8, 4) is 0 Å². The molecule has 34 heavy (non-hydrogen) atoms. The summed E-state index contributed by atoms with van der Waals surface area (Å²) in [5.41, 5.74) is 0.849. The molecule has 1 unspecified atom stereocenters. The largest absolute Gasteiger partial charge is 0.454 e. The summed E-state index contributed by atoms with van der Waals surface area (Å²) in [6.07, 6.45) is 0. The molecular weight excluding hydrogens is 468 g/mol. The second kappa shape index (κ2) is 10.9. The standard InChI is InChI=1S/C23H27F2N3O5S/c1-16(2)22(26-34(31,32)20-6-4-3-5-19(20)25)23(30)33-15-21(29)28-13-11-27(12-14-28)18-9-7-17(24)8-10-18/h3-10,16,22,26H,11-15H2,1-2H3. The molecule has 11 heteroatoms. The van der Waals surface area contributed by atoms with Crippen molar-refractivity contribution in [1.29, 1.82) is 0 Å². The second-order valence-corrected chi connectivity index (χ2v) is 9.91. The Morgan fingerprint density at radius 2 is 1.62 bits per heavy atom. The van der Waals surface area contributed by atoms with Crippen LogP contribution < -0.4 is 9.62 Å². The van der Waals surface area contributed by atoms with Crippen LogP contribution in [0.15, 0.2) is 53.4 Å². The Morgan fingerprint density at radius 1 is 1.00 bits per heavy atom. The quantitative estimate of drug-likeness (QED) is 0.564. The Hall–Kier alpha value is -3.05. The van der Waals surface area contributed by atoms with Gasteiger partial charge in [0.25, 0.3) is 5.91 Å². The lowest BCUT2D eigenvalue weighted by Gasteiger charge is -2.36. The zero-order valence-electron chi connectivity index (χ0n) is 18.9. The average Bonchev–Trinajstić information content (AvgIpc) is 2.81. The van der Waals surface area contributed by atoms with E-state index in [4.69, 9.17) is 4.74 Å². The molecule has 1 aliphatic heterocycles. The number of benzene rings is 2. The number of sulfonamides is 1. The predicted molar refractivity (Wildman–Crippen MR) is 121 cm³/mol. The summed E-state index contributed by atoms with van der Waals surface area (Å²) in [5, 5.41) is 0. The molecule has 1 N–H and O–H groups in total. The number of esters is 1. The van der Waals surface area contributed by atoms with Crippen molar-refractivity contribution in [2.75, 3.05) is 37.7 Å². The summed E-state index contributed by atoms with van der Waals surface area (Å²) in [6.45, 7) is 4.51. The number of nitrogens with one attached hydrogen (secondary N) is 1. The van der Waals surface area contributed by atoms with Crippen molar-refractivity contribution < 1.29 is 31.5 Å². The van der Waals surface area contributed by atoms with Gasteiger partial charge < -0.3 is 14.5 Å². The first-order valence-electron chi connectivity index (χ1n) is 10.8. The Labute approximate surface area is 197 Å². The fraction of sp³-hybridized carbons (Fsp3) is 0.391. The van der Waals surface area contributed by atoms with Crippen molar-refractivity contribution in [3.63, 3.8) is 0 Å². The normalized spacial score (nSPS) is 15.3. The number of ether oxygens (including phenoxy) is 1. The van der Waals surface area contributed by atoms with Crippen LogP contribution in [0.3, 0.4) is 0 Å². The fourth-order valence-electron chi connectivity index (χ4n) is 3.53. The number of carbonyl (C=O) groups excluding carboxylic acids is 2. The molecule has 1 saturated heterocycles. The van der Waals surface area contributed by atoms with E-state index in [9.17, 15) is 26.8 Å². The van der Waals surface area contributed by atoms with Gasteiger partial charge in [-0.25, -0.2) is 17.2 Å². The summed E-state index contributed by atoms with van der Waals surface area (Å²) in [6, 6.07) is 9.61. The van der Waals surface area contributed by atoms with Gasteiger partial charge in [0.1, 0.15) is 22.6 Å². The molecule has 0 bridgehead atoms. The van der Waals surface area contributed by atoms with E-state index < -0.39 is 51.2 Å². The van der Waals surface area contributed by atoms with Gasteiger partial charge in [-0.3, -0.25) is 9.59 Å². The van der Waals surface area contributed by atoms with E-state index in [1.807, 2.05) is 4.90 Å². The van der Waals surface area contributed by atoms with Crippen LogP contribution in [0.1, 0.15) is 13.8 Å². The summed E-state index contributed by atoms with van der Waals surface area (Å²) >= 11 is 0. The van der Waals surface area contributed by atoms with Gasteiger partial charge in [0.05, 0.1) is 0 Å². The van der Waals surface area contributed by atoms with E-state index in [-0.39, 0.29) is 5.82 Å². The second-order valence-electron chi connectivity index (χ2n) is 8.23. The number of halogens is 2. The third kappa shape index (κ3) is 6.29. The molecule has 2 aromatic rings. The molecule has 1 aliphatic rings. The highest BCUT2D eigenvalue weighted by atomic mass is 32.2. The van der Waals surface area contributed by atoms with Gasteiger partial charge in [0.2, 0.25) is 10.0 Å². The Bertz CT molecular complexity index is 1120. The van der Waals surface area contributed by atoms with Crippen molar-refractivity contribution in [3.05, 3.63) is 60.2 Å². The maximum Gasteiger partial charge on any atom is 0.324 e. The monoisotopic (exact) mass is 495 g/mol. The van der Waals surface area contributed by atoms with Gasteiger partial charge >= 0.3 is 5.97 Å². The molecule has 8 nitrogen and oxygen atoms in total. The Kier molecular flexibility index (Phi) is 8.21. The number of hydrogen-bond acceptors (Lipinski definition) is 6. The Balaban J connectivity index is 1.54. The lowest BCUT2D eigenvalue weighted by Crippen LogP contribution is -2.50. The van der Waals surface area contributed by atoms with Crippen molar-refractivity contribution >= 4 is 27.6 Å². The molecule has 0 radical (unpaired) electrons. The topological polar surface area (TPSA) is 96.0 Å². The molecular formula is C23H27F2N3O5S. The van der Waals surface area contributed by atoms with E-state index in [0.717, 1.165) is 17.8 Å². The maximum atomic E-state index is 13.9. The molecule has 184 valence electrons. The summed E-state index contributed by atoms with van der Waals surface area (Å²) < 4.78 is 59.5. The lowest BCUT2D eigenvalue weighted by molar-refractivity contribution is -0.154. The number of carbonyl (C=O) groups is 2. The smallest absolute Gasteiger partial charge is 0.324 e. The molecule has 0 spiro atoms. The molecule has 0 aliphatic carbocycles. The van der Waals surface area contributed by atoms with Crippen LogP contribution in [-0.4, -0.2) is 64.0 Å². The first-order valence-corrected chi connectivity index (χ1v) is 12.3. The lowest BCUT2D eigenvalue weighted by atomic mass is 10.1. The highest BCUT2D eigenvalue weighted by molar-refractivity contribution is 7.89. The average molecular weight is 496 g/mol. The summed E-state index contributed by atoms with van der Waals surface area (Å²) in [4.78, 5) is 28.1. The van der Waals surface area contributed by atoms with Gasteiger partial charge in [0, 0.05) is 31.9 Å². The van der Waals surface area contributed by atoms with Crippen LogP contribution in [0, 0.1) is 17.6 Å². The van der Waals surface area contributed by atoms with Gasteiger partial charge in [-0.05, 0) is 42.3 Å². The first-order chi connectivity index (χ1) is 16.1. The van der Waals surface area contributed by atoms with Crippen LogP contribution >= 0.6 is 0 Å². The molecule has 3 rings (SSSR count). The Morgan fingerprint density at radius 3 is 2.21 bits per heavy atom. The van der Waals surface area contributed by atoms with Crippen molar-refractivity contribution in [2.45, 2.75) is 24.8 Å². The number of piperazine rings is 1. The van der Waals surface area contributed by atoms with Crippen LogP contribution in [-0.2, 0) is 24.3 Å². The SMILES string of the molecule is CC(C)C(NS(=O)(=O)c1ccccc1F)C(=O)OCC(=O)N1CCN(c2ccc(F)cc2)CC1. The third-order valence-electron chi connectivity index (χ3n) is 5.49. The maximum absolute atomic E-state index is 13.9. The molecule has 0 aromatic heterocycles. The fourth-order valence-corrected chi connectivity index (χ4v) is 4.94. The first kappa shape index (κ1) is 25.6. The summed E-state index contributed by atoms with van der Waals surface area (Å²) in [7, 11) is -4.32. The number of hydrogen-bond donors (Lipinski definition) is 1. The molecule has 2 aromatic carbocycles. The molecule has 1 amide bonds. The molecule has 1 heterocycles. The van der Waals surface area contributed by atoms with Crippen LogP contribution in [0.5, 0.6) is 0 Å². The van der Waals surface area contributed by atoms with Gasteiger partial charge in [0.15, 0.2) is 6.61 Å². The minimum Gasteiger partial charge on any atom is -0.454 e. The van der Waals surface area contributed by atoms with E-state index in [1.165, 1.54) is 24.3 Å². The summed E-state index contributed by atoms with van der Waals surface area (Å²) in [5.74, 6) is -3.11. The van der Waals surface area contributed by atoms with E-state index >= 15 is 0 Å². The zero-order valence-corrected chi connectivity index (χ0v) is 19.7. The highest BCUT2D eigenvalue weighted by Crippen LogP contribution is 2.18.